The van der Waals surface area contributed by atoms with Gasteiger partial charge in [-0.05, 0) is 0 Å². The van der Waals surface area contributed by atoms with Crippen molar-refractivity contribution in [3.8, 4) is 0 Å². The first-order valence-electron chi connectivity index (χ1n) is 4.45. The summed E-state index contributed by atoms with van der Waals surface area (Å²) >= 11 is 0. The average Bonchev–Trinajstić information content (AvgIpc) is 2.48. The third-order valence-corrected chi connectivity index (χ3v) is 1.88. The minimum Gasteiger partial charge on any atom is -0.354 e. The van der Waals surface area contributed by atoms with Crippen LogP contribution in [0.3, 0.4) is 0 Å². The van der Waals surface area contributed by atoms with Crippen molar-refractivity contribution in [3.05, 3.63) is 12.2 Å². The first-order valence-corrected chi connectivity index (χ1v) is 4.45. The molecule has 1 aliphatic heterocycles. The number of hydrogen-bond acceptors (Lipinski definition) is 3. The Kier molecular flexibility index (Phi) is 3.39. The Hall–Kier alpha value is -1.65. The van der Waals surface area contributed by atoms with E-state index in [0.29, 0.717) is 13.0 Å². The van der Waals surface area contributed by atoms with Gasteiger partial charge >= 0.3 is 0 Å². The zero-order valence-corrected chi connectivity index (χ0v) is 7.95. The van der Waals surface area contributed by atoms with Crippen LogP contribution in [0.4, 0.5) is 0 Å². The number of carbonyl (C=O) groups excluding carboxylic acids is 3. The number of nitrogens with zero attached hydrogens (tertiary/aromatic N) is 1. The Bertz CT molecular complexity index is 278. The number of imide groups is 1. The highest BCUT2D eigenvalue weighted by Crippen LogP contribution is 2.01. The van der Waals surface area contributed by atoms with E-state index < -0.39 is 0 Å². The van der Waals surface area contributed by atoms with Gasteiger partial charge in [0.05, 0.1) is 0 Å². The fourth-order valence-corrected chi connectivity index (χ4v) is 1.08. The zero-order valence-electron chi connectivity index (χ0n) is 7.95. The standard InChI is InChI=1S/C9H12N2O3/c1-2-7(12)10-5-6-11-8(13)3-4-9(11)14/h3-4H,2,5-6H2,1H3,(H,10,12). The van der Waals surface area contributed by atoms with Crippen LogP contribution < -0.4 is 5.32 Å². The first-order chi connectivity index (χ1) is 6.65. The number of amides is 3. The molecule has 5 nitrogen and oxygen atoms in total. The zero-order chi connectivity index (χ0) is 10.6. The van der Waals surface area contributed by atoms with E-state index in [1.807, 2.05) is 0 Å². The van der Waals surface area contributed by atoms with Crippen molar-refractivity contribution in [2.45, 2.75) is 13.3 Å². The lowest BCUT2D eigenvalue weighted by Crippen LogP contribution is -2.38. The maximum Gasteiger partial charge on any atom is 0.253 e. The third kappa shape index (κ3) is 2.42. The Morgan fingerprint density at radius 1 is 1.36 bits per heavy atom. The fraction of sp³-hybridized carbons (Fsp3) is 0.444. The minimum atomic E-state index is -0.319. The third-order valence-electron chi connectivity index (χ3n) is 1.88. The fourth-order valence-electron chi connectivity index (χ4n) is 1.08. The molecule has 3 amide bonds. The molecule has 1 N–H and O–H groups in total. The monoisotopic (exact) mass is 196 g/mol. The normalized spacial score (nSPS) is 15.1. The molecule has 0 saturated carbocycles. The average molecular weight is 196 g/mol. The summed E-state index contributed by atoms with van der Waals surface area (Å²) in [5, 5.41) is 2.59. The summed E-state index contributed by atoms with van der Waals surface area (Å²) in [7, 11) is 0. The molecule has 0 spiro atoms. The van der Waals surface area contributed by atoms with E-state index in [1.54, 1.807) is 6.92 Å². The lowest BCUT2D eigenvalue weighted by molar-refractivity contribution is -0.137. The molecule has 0 fully saturated rings. The van der Waals surface area contributed by atoms with Crippen LogP contribution in [0.15, 0.2) is 12.2 Å². The van der Waals surface area contributed by atoms with E-state index in [4.69, 9.17) is 0 Å². The molecule has 1 aliphatic rings. The summed E-state index contributed by atoms with van der Waals surface area (Å²) in [5.74, 6) is -0.724. The van der Waals surface area contributed by atoms with E-state index in [2.05, 4.69) is 5.32 Å². The highest BCUT2D eigenvalue weighted by Gasteiger charge is 2.22. The molecule has 0 aromatic heterocycles. The van der Waals surface area contributed by atoms with Crippen LogP contribution in [0.2, 0.25) is 0 Å². The second kappa shape index (κ2) is 4.55. The molecule has 0 atom stereocenters. The van der Waals surface area contributed by atoms with Gasteiger partial charge in [-0.2, -0.15) is 0 Å². The Balaban J connectivity index is 2.29. The van der Waals surface area contributed by atoms with Crippen LogP contribution >= 0.6 is 0 Å². The van der Waals surface area contributed by atoms with Gasteiger partial charge in [-0.1, -0.05) is 6.92 Å². The molecule has 0 bridgehead atoms. The number of nitrogens with one attached hydrogen (secondary N) is 1. The molecule has 0 aromatic carbocycles. The van der Waals surface area contributed by atoms with Crippen LogP contribution in [0.5, 0.6) is 0 Å². The van der Waals surface area contributed by atoms with Gasteiger partial charge in [-0.25, -0.2) is 0 Å². The molecule has 0 aromatic rings. The Morgan fingerprint density at radius 3 is 2.43 bits per heavy atom. The van der Waals surface area contributed by atoms with Crippen molar-refractivity contribution in [1.29, 1.82) is 0 Å². The smallest absolute Gasteiger partial charge is 0.253 e. The Labute approximate surface area is 81.8 Å². The number of carbonyl (C=O) groups is 3. The predicted octanol–water partition coefficient (Wildman–Crippen LogP) is -0.562. The first kappa shape index (κ1) is 10.4. The molecule has 5 heteroatoms. The van der Waals surface area contributed by atoms with Crippen LogP contribution in [0.1, 0.15) is 13.3 Å². The maximum atomic E-state index is 11.0. The second-order valence-electron chi connectivity index (χ2n) is 2.86. The summed E-state index contributed by atoms with van der Waals surface area (Å²) in [4.78, 5) is 34.0. The van der Waals surface area contributed by atoms with Crippen molar-refractivity contribution >= 4 is 17.7 Å². The van der Waals surface area contributed by atoms with Crippen molar-refractivity contribution in [2.24, 2.45) is 0 Å². The largest absolute Gasteiger partial charge is 0.354 e. The van der Waals surface area contributed by atoms with Crippen molar-refractivity contribution in [1.82, 2.24) is 10.2 Å². The van der Waals surface area contributed by atoms with E-state index >= 15 is 0 Å². The van der Waals surface area contributed by atoms with E-state index in [1.165, 1.54) is 12.2 Å². The molecule has 14 heavy (non-hydrogen) atoms. The summed E-state index contributed by atoms with van der Waals surface area (Å²) < 4.78 is 0. The quantitative estimate of drug-likeness (QED) is 0.613. The lowest BCUT2D eigenvalue weighted by atomic mass is 10.4. The Morgan fingerprint density at radius 2 is 1.93 bits per heavy atom. The summed E-state index contributed by atoms with van der Waals surface area (Å²) in [6.45, 7) is 2.28. The minimum absolute atomic E-state index is 0.0861. The molecule has 0 saturated heterocycles. The highest BCUT2D eigenvalue weighted by molar-refractivity contribution is 6.12. The summed E-state index contributed by atoms with van der Waals surface area (Å²) in [5.41, 5.74) is 0. The van der Waals surface area contributed by atoms with E-state index in [0.717, 1.165) is 4.90 Å². The molecule has 1 heterocycles. The van der Waals surface area contributed by atoms with Gasteiger partial charge < -0.3 is 5.32 Å². The summed E-state index contributed by atoms with van der Waals surface area (Å²) in [6, 6.07) is 0. The molecular weight excluding hydrogens is 184 g/mol. The maximum absolute atomic E-state index is 11.0. The number of hydrogen-bond donors (Lipinski definition) is 1. The van der Waals surface area contributed by atoms with Gasteiger partial charge in [0.25, 0.3) is 11.8 Å². The topological polar surface area (TPSA) is 66.5 Å². The van der Waals surface area contributed by atoms with E-state index in [-0.39, 0.29) is 24.3 Å². The molecule has 76 valence electrons. The van der Waals surface area contributed by atoms with Crippen molar-refractivity contribution in [3.63, 3.8) is 0 Å². The van der Waals surface area contributed by atoms with Crippen LogP contribution in [-0.4, -0.2) is 35.7 Å². The SMILES string of the molecule is CCC(=O)NCCN1C(=O)C=CC1=O. The molecule has 0 aliphatic carbocycles. The number of rotatable bonds is 4. The summed E-state index contributed by atoms with van der Waals surface area (Å²) in [6.07, 6.45) is 2.86. The molecular formula is C9H12N2O3. The van der Waals surface area contributed by atoms with Crippen molar-refractivity contribution < 1.29 is 14.4 Å². The van der Waals surface area contributed by atoms with Gasteiger partial charge in [-0.15, -0.1) is 0 Å². The van der Waals surface area contributed by atoms with Crippen LogP contribution in [0, 0.1) is 0 Å². The van der Waals surface area contributed by atoms with Gasteiger partial charge in [0.2, 0.25) is 5.91 Å². The van der Waals surface area contributed by atoms with Crippen molar-refractivity contribution in [2.75, 3.05) is 13.1 Å². The van der Waals surface area contributed by atoms with Gasteiger partial charge in [0.1, 0.15) is 0 Å². The molecule has 0 unspecified atom stereocenters. The molecule has 1 rings (SSSR count). The van der Waals surface area contributed by atoms with Gasteiger partial charge in [0.15, 0.2) is 0 Å². The second-order valence-corrected chi connectivity index (χ2v) is 2.86. The van der Waals surface area contributed by atoms with Gasteiger partial charge in [0, 0.05) is 31.7 Å². The lowest BCUT2D eigenvalue weighted by Gasteiger charge is -2.13. The molecule has 0 radical (unpaired) electrons. The predicted molar refractivity (Wildman–Crippen MR) is 49.2 cm³/mol. The van der Waals surface area contributed by atoms with Crippen LogP contribution in [0.25, 0.3) is 0 Å². The van der Waals surface area contributed by atoms with E-state index in [9.17, 15) is 14.4 Å². The van der Waals surface area contributed by atoms with Crippen LogP contribution in [-0.2, 0) is 14.4 Å². The van der Waals surface area contributed by atoms with Gasteiger partial charge in [-0.3, -0.25) is 19.3 Å². The highest BCUT2D eigenvalue weighted by atomic mass is 16.2.